The summed E-state index contributed by atoms with van der Waals surface area (Å²) in [7, 11) is 0. The largest absolute Gasteiger partial charge is 0.464 e. The molecule has 0 rings (SSSR count). The number of rotatable bonds is 4. The molecule has 0 bridgehead atoms. The summed E-state index contributed by atoms with van der Waals surface area (Å²) in [6.07, 6.45) is -0.0808. The molecule has 2 atom stereocenters. The van der Waals surface area contributed by atoms with E-state index < -0.39 is 18.1 Å². The lowest BCUT2D eigenvalue weighted by Crippen LogP contribution is -2.41. The zero-order valence-corrected chi connectivity index (χ0v) is 9.41. The van der Waals surface area contributed by atoms with Crippen LogP contribution >= 0.6 is 0 Å². The maximum Gasteiger partial charge on any atom is 0.325 e. The SMILES string of the molecule is C[C@@H](O)[C@H](N)C(=O)OCCC(C)(C)C. The topological polar surface area (TPSA) is 72.5 Å². The zero-order valence-electron chi connectivity index (χ0n) is 9.41. The molecule has 0 aliphatic rings. The standard InChI is InChI=1S/C10H21NO3/c1-7(12)8(11)9(13)14-6-5-10(2,3)4/h7-8,12H,5-6,11H2,1-4H3/t7-,8+/m1/s1. The third kappa shape index (κ3) is 5.94. The van der Waals surface area contributed by atoms with Crippen molar-refractivity contribution in [3.63, 3.8) is 0 Å². The first-order valence-electron chi connectivity index (χ1n) is 4.84. The van der Waals surface area contributed by atoms with E-state index in [-0.39, 0.29) is 5.41 Å². The highest BCUT2D eigenvalue weighted by Gasteiger charge is 2.20. The number of nitrogens with two attached hydrogens (primary N) is 1. The van der Waals surface area contributed by atoms with Crippen molar-refractivity contribution in [3.8, 4) is 0 Å². The normalized spacial score (nSPS) is 16.1. The van der Waals surface area contributed by atoms with Gasteiger partial charge in [0, 0.05) is 0 Å². The van der Waals surface area contributed by atoms with Crippen LogP contribution in [0.15, 0.2) is 0 Å². The quantitative estimate of drug-likeness (QED) is 0.659. The molecule has 0 aliphatic carbocycles. The Morgan fingerprint density at radius 2 is 2.00 bits per heavy atom. The molecule has 0 amide bonds. The van der Waals surface area contributed by atoms with Gasteiger partial charge in [0.1, 0.15) is 6.04 Å². The minimum Gasteiger partial charge on any atom is -0.464 e. The Bertz CT molecular complexity index is 184. The summed E-state index contributed by atoms with van der Waals surface area (Å²) in [6.45, 7) is 8.01. The number of ether oxygens (including phenoxy) is 1. The zero-order chi connectivity index (χ0) is 11.4. The van der Waals surface area contributed by atoms with Crippen molar-refractivity contribution in [2.75, 3.05) is 6.61 Å². The summed E-state index contributed by atoms with van der Waals surface area (Å²) in [6, 6.07) is -0.935. The molecule has 0 aliphatic heterocycles. The van der Waals surface area contributed by atoms with Gasteiger partial charge in [0.25, 0.3) is 0 Å². The number of carbonyl (C=O) groups is 1. The maximum atomic E-state index is 11.2. The van der Waals surface area contributed by atoms with Crippen LogP contribution < -0.4 is 5.73 Å². The van der Waals surface area contributed by atoms with Crippen LogP contribution in [0.3, 0.4) is 0 Å². The van der Waals surface area contributed by atoms with Crippen LogP contribution in [0.4, 0.5) is 0 Å². The molecule has 0 fully saturated rings. The highest BCUT2D eigenvalue weighted by molar-refractivity contribution is 5.76. The van der Waals surface area contributed by atoms with E-state index in [1.165, 1.54) is 6.92 Å². The third-order valence-corrected chi connectivity index (χ3v) is 1.89. The molecule has 84 valence electrons. The fourth-order valence-corrected chi connectivity index (χ4v) is 0.751. The van der Waals surface area contributed by atoms with Crippen LogP contribution in [0.5, 0.6) is 0 Å². The van der Waals surface area contributed by atoms with Crippen LogP contribution in [-0.4, -0.2) is 29.8 Å². The minimum absolute atomic E-state index is 0.134. The first-order chi connectivity index (χ1) is 6.24. The van der Waals surface area contributed by atoms with Gasteiger partial charge < -0.3 is 15.6 Å². The predicted octanol–water partition coefficient (Wildman–Crippen LogP) is 0.674. The van der Waals surface area contributed by atoms with Gasteiger partial charge in [-0.05, 0) is 18.8 Å². The van der Waals surface area contributed by atoms with Crippen molar-refractivity contribution >= 4 is 5.97 Å². The summed E-state index contributed by atoms with van der Waals surface area (Å²) in [5, 5.41) is 9.02. The van der Waals surface area contributed by atoms with Crippen molar-refractivity contribution in [3.05, 3.63) is 0 Å². The highest BCUT2D eigenvalue weighted by Crippen LogP contribution is 2.17. The lowest BCUT2D eigenvalue weighted by atomic mass is 9.93. The highest BCUT2D eigenvalue weighted by atomic mass is 16.5. The number of aliphatic hydroxyl groups excluding tert-OH is 1. The van der Waals surface area contributed by atoms with Gasteiger partial charge in [-0.1, -0.05) is 20.8 Å². The van der Waals surface area contributed by atoms with Gasteiger partial charge in [0.15, 0.2) is 0 Å². The lowest BCUT2D eigenvalue weighted by Gasteiger charge is -2.19. The number of hydrogen-bond acceptors (Lipinski definition) is 4. The second kappa shape index (κ2) is 5.32. The molecule has 0 unspecified atom stereocenters. The average molecular weight is 203 g/mol. The van der Waals surface area contributed by atoms with Gasteiger partial charge in [-0.2, -0.15) is 0 Å². The predicted molar refractivity (Wildman–Crippen MR) is 54.7 cm³/mol. The van der Waals surface area contributed by atoms with Gasteiger partial charge in [-0.25, -0.2) is 0 Å². The first kappa shape index (κ1) is 13.4. The van der Waals surface area contributed by atoms with Gasteiger partial charge in [0.2, 0.25) is 0 Å². The Hall–Kier alpha value is -0.610. The van der Waals surface area contributed by atoms with Gasteiger partial charge in [-0.15, -0.1) is 0 Å². The van der Waals surface area contributed by atoms with E-state index in [2.05, 4.69) is 20.8 Å². The van der Waals surface area contributed by atoms with Gasteiger partial charge in [-0.3, -0.25) is 4.79 Å². The molecule has 0 aromatic rings. The number of hydrogen-bond donors (Lipinski definition) is 2. The van der Waals surface area contributed by atoms with Crippen molar-refractivity contribution in [2.24, 2.45) is 11.1 Å². The van der Waals surface area contributed by atoms with Crippen LogP contribution in [0.25, 0.3) is 0 Å². The second-order valence-electron chi connectivity index (χ2n) is 4.74. The molecule has 3 N–H and O–H groups in total. The summed E-state index contributed by atoms with van der Waals surface area (Å²) in [5.74, 6) is -0.538. The summed E-state index contributed by atoms with van der Waals surface area (Å²) >= 11 is 0. The van der Waals surface area contributed by atoms with Crippen molar-refractivity contribution in [1.82, 2.24) is 0 Å². The lowest BCUT2D eigenvalue weighted by molar-refractivity contribution is -0.148. The molecule has 4 nitrogen and oxygen atoms in total. The first-order valence-corrected chi connectivity index (χ1v) is 4.84. The van der Waals surface area contributed by atoms with Crippen LogP contribution in [-0.2, 0) is 9.53 Å². The van der Waals surface area contributed by atoms with E-state index in [0.717, 1.165) is 6.42 Å². The fraction of sp³-hybridized carbons (Fsp3) is 0.900. The molecular formula is C10H21NO3. The van der Waals surface area contributed by atoms with E-state index in [1.807, 2.05) is 0 Å². The minimum atomic E-state index is -0.935. The number of aliphatic hydroxyl groups is 1. The molecule has 14 heavy (non-hydrogen) atoms. The molecular weight excluding hydrogens is 182 g/mol. The summed E-state index contributed by atoms with van der Waals surface area (Å²) in [4.78, 5) is 11.2. The maximum absolute atomic E-state index is 11.2. The Labute approximate surface area is 85.4 Å². The fourth-order valence-electron chi connectivity index (χ4n) is 0.751. The molecule has 0 radical (unpaired) electrons. The van der Waals surface area contributed by atoms with Crippen LogP contribution in [0.1, 0.15) is 34.1 Å². The van der Waals surface area contributed by atoms with Crippen LogP contribution in [0, 0.1) is 5.41 Å². The summed E-state index contributed by atoms with van der Waals surface area (Å²) in [5.41, 5.74) is 5.52. The van der Waals surface area contributed by atoms with Gasteiger partial charge >= 0.3 is 5.97 Å². The molecule has 0 aromatic heterocycles. The smallest absolute Gasteiger partial charge is 0.325 e. The van der Waals surface area contributed by atoms with E-state index >= 15 is 0 Å². The monoisotopic (exact) mass is 203 g/mol. The van der Waals surface area contributed by atoms with Crippen molar-refractivity contribution in [1.29, 1.82) is 0 Å². The van der Waals surface area contributed by atoms with E-state index in [0.29, 0.717) is 6.61 Å². The Kier molecular flexibility index (Phi) is 5.08. The molecule has 0 spiro atoms. The average Bonchev–Trinajstić information content (AvgIpc) is 2.00. The summed E-state index contributed by atoms with van der Waals surface area (Å²) < 4.78 is 4.92. The molecule has 0 saturated heterocycles. The molecule has 0 aromatic carbocycles. The van der Waals surface area contributed by atoms with E-state index in [9.17, 15) is 4.79 Å². The van der Waals surface area contributed by atoms with Crippen LogP contribution in [0.2, 0.25) is 0 Å². The van der Waals surface area contributed by atoms with E-state index in [4.69, 9.17) is 15.6 Å². The van der Waals surface area contributed by atoms with Crippen molar-refractivity contribution in [2.45, 2.75) is 46.3 Å². The van der Waals surface area contributed by atoms with Gasteiger partial charge in [0.05, 0.1) is 12.7 Å². The Morgan fingerprint density at radius 1 is 1.50 bits per heavy atom. The molecule has 4 heteroatoms. The molecule has 0 heterocycles. The molecule has 0 saturated carbocycles. The Morgan fingerprint density at radius 3 is 2.36 bits per heavy atom. The van der Waals surface area contributed by atoms with Crippen molar-refractivity contribution < 1.29 is 14.6 Å². The number of carbonyl (C=O) groups excluding carboxylic acids is 1. The number of esters is 1. The Balaban J connectivity index is 3.75. The third-order valence-electron chi connectivity index (χ3n) is 1.89. The second-order valence-corrected chi connectivity index (χ2v) is 4.74. The van der Waals surface area contributed by atoms with E-state index in [1.54, 1.807) is 0 Å².